The molecule has 2 saturated heterocycles. The zero-order chi connectivity index (χ0) is 17.1. The molecule has 4 rings (SSSR count). The maximum atomic E-state index is 12.6. The number of pyridine rings is 1. The molecule has 2 aromatic heterocycles. The van der Waals surface area contributed by atoms with Crippen LogP contribution in [0.25, 0.3) is 0 Å². The highest BCUT2D eigenvalue weighted by Gasteiger charge is 2.43. The number of piperidine rings is 1. The Morgan fingerprint density at radius 3 is 2.64 bits per heavy atom. The van der Waals surface area contributed by atoms with Gasteiger partial charge in [-0.1, -0.05) is 6.07 Å². The van der Waals surface area contributed by atoms with Crippen molar-refractivity contribution < 1.29 is 4.79 Å². The highest BCUT2D eigenvalue weighted by molar-refractivity contribution is 5.78. The Balaban J connectivity index is 1.41. The molecule has 0 saturated carbocycles. The van der Waals surface area contributed by atoms with Gasteiger partial charge in [-0.15, -0.1) is 0 Å². The molecule has 0 aromatic carbocycles. The molecule has 25 heavy (non-hydrogen) atoms. The fourth-order valence-electron chi connectivity index (χ4n) is 4.08. The quantitative estimate of drug-likeness (QED) is 0.856. The van der Waals surface area contributed by atoms with Crippen molar-refractivity contribution in [2.45, 2.75) is 25.7 Å². The van der Waals surface area contributed by atoms with Crippen LogP contribution < -0.4 is 4.90 Å². The number of carbonyl (C=O) groups is 1. The summed E-state index contributed by atoms with van der Waals surface area (Å²) >= 11 is 0. The van der Waals surface area contributed by atoms with Crippen LogP contribution in [-0.4, -0.2) is 51.9 Å². The molecule has 0 bridgehead atoms. The molecule has 4 heterocycles. The van der Waals surface area contributed by atoms with E-state index in [0.29, 0.717) is 6.42 Å². The minimum atomic E-state index is 0.178. The second-order valence-corrected chi connectivity index (χ2v) is 7.14. The lowest BCUT2D eigenvalue weighted by molar-refractivity contribution is -0.129. The van der Waals surface area contributed by atoms with E-state index in [9.17, 15) is 4.79 Å². The number of hydrogen-bond acceptors (Lipinski definition) is 5. The van der Waals surface area contributed by atoms with E-state index in [1.807, 2.05) is 29.2 Å². The molecule has 2 fully saturated rings. The molecule has 2 aliphatic rings. The van der Waals surface area contributed by atoms with Crippen molar-refractivity contribution in [1.29, 1.82) is 0 Å². The monoisotopic (exact) mass is 337 g/mol. The van der Waals surface area contributed by atoms with E-state index in [1.165, 1.54) is 6.42 Å². The lowest BCUT2D eigenvalue weighted by Crippen LogP contribution is -2.46. The van der Waals surface area contributed by atoms with Crippen molar-refractivity contribution in [1.82, 2.24) is 19.9 Å². The van der Waals surface area contributed by atoms with Gasteiger partial charge in [0.25, 0.3) is 0 Å². The first-order valence-corrected chi connectivity index (χ1v) is 8.94. The number of rotatable bonds is 3. The summed E-state index contributed by atoms with van der Waals surface area (Å²) < 4.78 is 0. The van der Waals surface area contributed by atoms with E-state index in [1.54, 1.807) is 18.6 Å². The topological polar surface area (TPSA) is 62.2 Å². The Morgan fingerprint density at radius 2 is 1.84 bits per heavy atom. The van der Waals surface area contributed by atoms with Gasteiger partial charge in [0.2, 0.25) is 11.9 Å². The predicted molar refractivity (Wildman–Crippen MR) is 95.1 cm³/mol. The Kier molecular flexibility index (Phi) is 4.34. The summed E-state index contributed by atoms with van der Waals surface area (Å²) in [6, 6.07) is 7.57. The van der Waals surface area contributed by atoms with E-state index >= 15 is 0 Å². The van der Waals surface area contributed by atoms with Gasteiger partial charge < -0.3 is 9.80 Å². The van der Waals surface area contributed by atoms with Crippen LogP contribution in [0, 0.1) is 5.41 Å². The zero-order valence-corrected chi connectivity index (χ0v) is 14.3. The average molecular weight is 337 g/mol. The molecule has 6 heteroatoms. The van der Waals surface area contributed by atoms with E-state index in [0.717, 1.165) is 50.7 Å². The lowest BCUT2D eigenvalue weighted by Gasteiger charge is -2.40. The molecular formula is C19H23N5O. The molecule has 1 atom stereocenters. The fourth-order valence-corrected chi connectivity index (χ4v) is 4.08. The van der Waals surface area contributed by atoms with Crippen LogP contribution >= 0.6 is 0 Å². The highest BCUT2D eigenvalue weighted by Crippen LogP contribution is 2.39. The van der Waals surface area contributed by atoms with E-state index in [-0.39, 0.29) is 11.3 Å². The van der Waals surface area contributed by atoms with Gasteiger partial charge in [0.15, 0.2) is 0 Å². The summed E-state index contributed by atoms with van der Waals surface area (Å²) in [5.41, 5.74) is 1.02. The molecule has 1 amide bonds. The van der Waals surface area contributed by atoms with Crippen molar-refractivity contribution >= 4 is 11.9 Å². The number of likely N-dealkylation sites (tertiary alicyclic amines) is 1. The standard InChI is InChI=1S/C19H23N5O/c25-17(13-16-5-1-2-8-20-16)23-12-7-19(14-23)6-3-11-24(15-19)18-21-9-4-10-22-18/h1-2,4-5,8-10H,3,6-7,11-15H2/t19-/m1/s1. The molecule has 2 aliphatic heterocycles. The summed E-state index contributed by atoms with van der Waals surface area (Å²) in [4.78, 5) is 30.0. The van der Waals surface area contributed by atoms with Crippen LogP contribution in [0.1, 0.15) is 25.0 Å². The third-order valence-corrected chi connectivity index (χ3v) is 5.35. The largest absolute Gasteiger partial charge is 0.342 e. The van der Waals surface area contributed by atoms with Crippen molar-refractivity contribution in [2.24, 2.45) is 5.41 Å². The molecule has 1 spiro atoms. The molecule has 0 N–H and O–H groups in total. The maximum absolute atomic E-state index is 12.6. The van der Waals surface area contributed by atoms with Gasteiger partial charge in [-0.2, -0.15) is 0 Å². The Bertz CT molecular complexity index is 723. The second kappa shape index (κ2) is 6.78. The van der Waals surface area contributed by atoms with E-state index in [4.69, 9.17) is 0 Å². The van der Waals surface area contributed by atoms with Crippen LogP contribution in [0.3, 0.4) is 0 Å². The SMILES string of the molecule is O=C(Cc1ccccn1)N1CC[C@]2(CCCN(c3ncccn3)C2)C1. The Labute approximate surface area is 147 Å². The Hall–Kier alpha value is -2.50. The molecular weight excluding hydrogens is 314 g/mol. The van der Waals surface area contributed by atoms with Crippen molar-refractivity contribution in [2.75, 3.05) is 31.1 Å². The molecule has 6 nitrogen and oxygen atoms in total. The van der Waals surface area contributed by atoms with Crippen LogP contribution in [0.15, 0.2) is 42.9 Å². The van der Waals surface area contributed by atoms with Gasteiger partial charge in [-0.05, 0) is 37.5 Å². The maximum Gasteiger partial charge on any atom is 0.228 e. The number of carbonyl (C=O) groups excluding carboxylic acids is 1. The van der Waals surface area contributed by atoms with Gasteiger partial charge in [-0.3, -0.25) is 9.78 Å². The second-order valence-electron chi connectivity index (χ2n) is 7.14. The van der Waals surface area contributed by atoms with E-state index in [2.05, 4.69) is 19.9 Å². The highest BCUT2D eigenvalue weighted by atomic mass is 16.2. The minimum absolute atomic E-state index is 0.178. The molecule has 130 valence electrons. The number of hydrogen-bond donors (Lipinski definition) is 0. The summed E-state index contributed by atoms with van der Waals surface area (Å²) in [7, 11) is 0. The first-order chi connectivity index (χ1) is 12.2. The molecule has 0 unspecified atom stereocenters. The van der Waals surface area contributed by atoms with Gasteiger partial charge in [0, 0.05) is 55.9 Å². The molecule has 0 radical (unpaired) electrons. The first kappa shape index (κ1) is 16.0. The average Bonchev–Trinajstić information content (AvgIpc) is 3.07. The molecule has 2 aromatic rings. The third kappa shape index (κ3) is 3.48. The zero-order valence-electron chi connectivity index (χ0n) is 14.3. The van der Waals surface area contributed by atoms with E-state index < -0.39 is 0 Å². The smallest absolute Gasteiger partial charge is 0.228 e. The summed E-state index contributed by atoms with van der Waals surface area (Å²) in [6.45, 7) is 3.61. The van der Waals surface area contributed by atoms with Crippen LogP contribution in [-0.2, 0) is 11.2 Å². The van der Waals surface area contributed by atoms with Gasteiger partial charge >= 0.3 is 0 Å². The number of anilines is 1. The summed E-state index contributed by atoms with van der Waals surface area (Å²) in [5.74, 6) is 0.989. The van der Waals surface area contributed by atoms with Crippen LogP contribution in [0.2, 0.25) is 0 Å². The summed E-state index contributed by atoms with van der Waals surface area (Å²) in [6.07, 6.45) is 9.08. The molecule has 0 aliphatic carbocycles. The van der Waals surface area contributed by atoms with Crippen molar-refractivity contribution in [3.63, 3.8) is 0 Å². The predicted octanol–water partition coefficient (Wildman–Crippen LogP) is 1.93. The Morgan fingerprint density at radius 1 is 1.00 bits per heavy atom. The van der Waals surface area contributed by atoms with Crippen LogP contribution in [0.4, 0.5) is 5.95 Å². The minimum Gasteiger partial charge on any atom is -0.342 e. The van der Waals surface area contributed by atoms with Crippen LogP contribution in [0.5, 0.6) is 0 Å². The van der Waals surface area contributed by atoms with Gasteiger partial charge in [-0.25, -0.2) is 9.97 Å². The third-order valence-electron chi connectivity index (χ3n) is 5.35. The first-order valence-electron chi connectivity index (χ1n) is 8.94. The number of aromatic nitrogens is 3. The van der Waals surface area contributed by atoms with Gasteiger partial charge in [0.05, 0.1) is 6.42 Å². The fraction of sp³-hybridized carbons (Fsp3) is 0.474. The van der Waals surface area contributed by atoms with Crippen molar-refractivity contribution in [3.8, 4) is 0 Å². The normalized spacial score (nSPS) is 23.2. The van der Waals surface area contributed by atoms with Crippen molar-refractivity contribution in [3.05, 3.63) is 48.5 Å². The number of nitrogens with zero attached hydrogens (tertiary/aromatic N) is 5. The van der Waals surface area contributed by atoms with Gasteiger partial charge in [0.1, 0.15) is 0 Å². The number of amides is 1. The lowest BCUT2D eigenvalue weighted by atomic mass is 9.79. The summed E-state index contributed by atoms with van der Waals surface area (Å²) in [5, 5.41) is 0.